The third-order valence-electron chi connectivity index (χ3n) is 4.50. The second kappa shape index (κ2) is 8.20. The van der Waals surface area contributed by atoms with Crippen LogP contribution in [0.15, 0.2) is 5.10 Å². The van der Waals surface area contributed by atoms with Gasteiger partial charge in [0, 0.05) is 13.2 Å². The van der Waals surface area contributed by atoms with E-state index in [9.17, 15) is 8.42 Å². The van der Waals surface area contributed by atoms with Gasteiger partial charge in [-0.2, -0.15) is 10.2 Å². The van der Waals surface area contributed by atoms with Gasteiger partial charge in [0.15, 0.2) is 14.9 Å². The van der Waals surface area contributed by atoms with Crippen LogP contribution in [0.2, 0.25) is 5.15 Å². The van der Waals surface area contributed by atoms with E-state index in [1.165, 1.54) is 0 Å². The monoisotopic (exact) mass is 419 g/mol. The summed E-state index contributed by atoms with van der Waals surface area (Å²) in [4.78, 5) is 0. The molecule has 3 heterocycles. The summed E-state index contributed by atoms with van der Waals surface area (Å²) < 4.78 is 30.4. The molecule has 2 atom stereocenters. The molecule has 0 saturated carbocycles. The van der Waals surface area contributed by atoms with Crippen molar-refractivity contribution in [3.8, 4) is 0 Å². The predicted octanol–water partition coefficient (Wildman–Crippen LogP) is 1.18. The summed E-state index contributed by atoms with van der Waals surface area (Å²) in [6.07, 6.45) is 4.37. The number of hydrazone groups is 1. The maximum Gasteiger partial charge on any atom is 0.187 e. The summed E-state index contributed by atoms with van der Waals surface area (Å²) >= 11 is 11.6. The number of nitrogens with zero attached hydrogens (tertiary/aromatic N) is 3. The second-order valence-electron chi connectivity index (χ2n) is 6.51. The molecule has 0 amide bonds. The van der Waals surface area contributed by atoms with E-state index in [0.29, 0.717) is 34.5 Å². The molecule has 2 N–H and O–H groups in total. The summed E-state index contributed by atoms with van der Waals surface area (Å²) in [5, 5.41) is 12.3. The molecule has 144 valence electrons. The molecule has 26 heavy (non-hydrogen) atoms. The fourth-order valence-electron chi connectivity index (χ4n) is 3.10. The molecule has 3 rings (SSSR count). The van der Waals surface area contributed by atoms with Gasteiger partial charge in [-0.3, -0.25) is 5.43 Å². The normalized spacial score (nSPS) is 25.0. The first-order valence-corrected chi connectivity index (χ1v) is 11.1. The maximum absolute atomic E-state index is 11.7. The fraction of sp³-hybridized carbons (Fsp3) is 0.667. The average Bonchev–Trinajstić information content (AvgIpc) is 3.28. The number of hydrogen-bond donors (Lipinski definition) is 2. The molecular weight excluding hydrogens is 398 g/mol. The van der Waals surface area contributed by atoms with E-state index >= 15 is 0 Å². The Morgan fingerprint density at radius 1 is 1.54 bits per heavy atom. The van der Waals surface area contributed by atoms with Crippen LogP contribution in [0.3, 0.4) is 0 Å². The Labute approximate surface area is 163 Å². The van der Waals surface area contributed by atoms with E-state index in [1.807, 2.05) is 0 Å². The molecule has 2 saturated heterocycles. The fourth-order valence-corrected chi connectivity index (χ4v) is 5.29. The molecule has 1 aromatic heterocycles. The van der Waals surface area contributed by atoms with E-state index in [4.69, 9.17) is 28.6 Å². The van der Waals surface area contributed by atoms with E-state index in [-0.39, 0.29) is 23.7 Å². The highest BCUT2D eigenvalue weighted by Crippen LogP contribution is 2.29. The van der Waals surface area contributed by atoms with Crippen LogP contribution in [0.5, 0.6) is 0 Å². The largest absolute Gasteiger partial charge is 0.376 e. The molecule has 2 aliphatic heterocycles. The zero-order chi connectivity index (χ0) is 18.7. The third kappa shape index (κ3) is 4.73. The highest BCUT2D eigenvalue weighted by Gasteiger charge is 2.31. The molecule has 1 aromatic rings. The number of rotatable bonds is 5. The lowest BCUT2D eigenvalue weighted by Crippen LogP contribution is -2.37. The van der Waals surface area contributed by atoms with Crippen LogP contribution in [0.1, 0.15) is 36.6 Å². The van der Waals surface area contributed by atoms with Crippen LogP contribution in [-0.2, 0) is 14.6 Å². The highest BCUT2D eigenvalue weighted by molar-refractivity contribution is 7.91. The highest BCUT2D eigenvalue weighted by atomic mass is 35.5. The second-order valence-corrected chi connectivity index (χ2v) is 9.50. The van der Waals surface area contributed by atoms with Gasteiger partial charge in [-0.25, -0.2) is 13.1 Å². The van der Waals surface area contributed by atoms with Gasteiger partial charge in [-0.05, 0) is 38.4 Å². The van der Waals surface area contributed by atoms with Crippen molar-refractivity contribution in [1.29, 1.82) is 0 Å². The molecule has 0 aromatic carbocycles. The third-order valence-corrected chi connectivity index (χ3v) is 6.86. The lowest BCUT2D eigenvalue weighted by molar-refractivity contribution is 0.114. The number of nitrogens with one attached hydrogen (secondary N) is 2. The standard InChI is InChI=1S/C15H22ClN5O3S2/c1-10-13(8-18-19-15(25)17-7-12-3-2-5-24-12)14(16)21(20-10)11-4-6-26(22,23)9-11/h8,11-12H,2-7,9H2,1H3,(H2,17,19,25)/b18-8-/t11-,12-/m1/s1. The quantitative estimate of drug-likeness (QED) is 0.420. The van der Waals surface area contributed by atoms with Gasteiger partial charge in [-0.15, -0.1) is 0 Å². The van der Waals surface area contributed by atoms with Crippen LogP contribution in [0.4, 0.5) is 0 Å². The predicted molar refractivity (Wildman–Crippen MR) is 105 cm³/mol. The molecular formula is C15H22ClN5O3S2. The number of thiocarbonyl (C=S) groups is 1. The van der Waals surface area contributed by atoms with E-state index in [2.05, 4.69) is 20.9 Å². The van der Waals surface area contributed by atoms with Crippen molar-refractivity contribution < 1.29 is 13.2 Å². The van der Waals surface area contributed by atoms with Crippen LogP contribution < -0.4 is 10.7 Å². The first-order chi connectivity index (χ1) is 12.4. The number of aryl methyl sites for hydroxylation is 1. The van der Waals surface area contributed by atoms with Gasteiger partial charge < -0.3 is 10.1 Å². The molecule has 0 radical (unpaired) electrons. The number of sulfone groups is 1. The van der Waals surface area contributed by atoms with Gasteiger partial charge >= 0.3 is 0 Å². The van der Waals surface area contributed by atoms with Crippen molar-refractivity contribution in [2.24, 2.45) is 5.10 Å². The summed E-state index contributed by atoms with van der Waals surface area (Å²) in [7, 11) is -3.01. The van der Waals surface area contributed by atoms with Crippen LogP contribution in [-0.4, -0.2) is 60.3 Å². The SMILES string of the molecule is Cc1nn([C@@H]2CCS(=O)(=O)C2)c(Cl)c1/C=N\NC(=S)NC[C@H]1CCCO1. The van der Waals surface area contributed by atoms with Crippen molar-refractivity contribution in [2.75, 3.05) is 24.7 Å². The van der Waals surface area contributed by atoms with Crippen LogP contribution in [0, 0.1) is 6.92 Å². The molecule has 2 fully saturated rings. The van der Waals surface area contributed by atoms with Gasteiger partial charge in [0.1, 0.15) is 5.15 Å². The average molecular weight is 420 g/mol. The van der Waals surface area contributed by atoms with Gasteiger partial charge in [0.05, 0.1) is 41.1 Å². The van der Waals surface area contributed by atoms with Gasteiger partial charge in [-0.1, -0.05) is 11.6 Å². The Kier molecular flexibility index (Phi) is 6.16. The Bertz CT molecular complexity index is 802. The smallest absolute Gasteiger partial charge is 0.187 e. The molecule has 2 aliphatic rings. The Hall–Kier alpha value is -1.23. The molecule has 8 nitrogen and oxygen atoms in total. The van der Waals surface area contributed by atoms with E-state index in [1.54, 1.807) is 17.8 Å². The summed E-state index contributed by atoms with van der Waals surface area (Å²) in [5.74, 6) is 0.239. The lowest BCUT2D eigenvalue weighted by atomic mass is 10.2. The zero-order valence-electron chi connectivity index (χ0n) is 14.4. The van der Waals surface area contributed by atoms with Crippen molar-refractivity contribution in [3.63, 3.8) is 0 Å². The topological polar surface area (TPSA) is 97.6 Å². The minimum Gasteiger partial charge on any atom is -0.376 e. The number of halogens is 1. The zero-order valence-corrected chi connectivity index (χ0v) is 16.8. The van der Waals surface area contributed by atoms with E-state index < -0.39 is 9.84 Å². The van der Waals surface area contributed by atoms with Crippen molar-refractivity contribution in [2.45, 2.75) is 38.3 Å². The first-order valence-electron chi connectivity index (χ1n) is 8.49. The molecule has 0 bridgehead atoms. The summed E-state index contributed by atoms with van der Waals surface area (Å²) in [6, 6.07) is -0.226. The molecule has 0 spiro atoms. The minimum atomic E-state index is -3.01. The van der Waals surface area contributed by atoms with E-state index in [0.717, 1.165) is 19.4 Å². The van der Waals surface area contributed by atoms with Crippen molar-refractivity contribution in [1.82, 2.24) is 20.5 Å². The molecule has 0 unspecified atom stereocenters. The maximum atomic E-state index is 11.7. The van der Waals surface area contributed by atoms with Crippen LogP contribution >= 0.6 is 23.8 Å². The lowest BCUT2D eigenvalue weighted by Gasteiger charge is -2.11. The number of ether oxygens (including phenoxy) is 1. The first kappa shape index (κ1) is 19.5. The minimum absolute atomic E-state index is 0.0694. The van der Waals surface area contributed by atoms with Gasteiger partial charge in [0.25, 0.3) is 0 Å². The number of hydrogen-bond acceptors (Lipinski definition) is 6. The Balaban J connectivity index is 1.57. The Morgan fingerprint density at radius 3 is 3.00 bits per heavy atom. The Morgan fingerprint density at radius 2 is 2.35 bits per heavy atom. The van der Waals surface area contributed by atoms with Gasteiger partial charge in [0.2, 0.25) is 0 Å². The van der Waals surface area contributed by atoms with Crippen molar-refractivity contribution in [3.05, 3.63) is 16.4 Å². The summed E-state index contributed by atoms with van der Waals surface area (Å²) in [5.41, 5.74) is 4.07. The van der Waals surface area contributed by atoms with Crippen LogP contribution in [0.25, 0.3) is 0 Å². The molecule has 0 aliphatic carbocycles. The molecule has 11 heteroatoms. The number of aromatic nitrogens is 2. The summed E-state index contributed by atoms with van der Waals surface area (Å²) in [6.45, 7) is 3.26. The van der Waals surface area contributed by atoms with Crippen molar-refractivity contribution >= 4 is 45.0 Å².